The second kappa shape index (κ2) is 9.30. The Morgan fingerprint density at radius 2 is 1.70 bits per heavy atom. The van der Waals surface area contributed by atoms with E-state index in [-0.39, 0.29) is 5.57 Å². The molecule has 0 aliphatic rings. The summed E-state index contributed by atoms with van der Waals surface area (Å²) in [5, 5.41) is 12.1. The van der Waals surface area contributed by atoms with Crippen molar-refractivity contribution in [1.82, 2.24) is 0 Å². The van der Waals surface area contributed by atoms with Gasteiger partial charge in [0, 0.05) is 11.8 Å². The van der Waals surface area contributed by atoms with Gasteiger partial charge in [-0.05, 0) is 47.9 Å². The van der Waals surface area contributed by atoms with Crippen molar-refractivity contribution in [2.24, 2.45) is 0 Å². The maximum Gasteiger partial charge on any atom is 0.266 e. The van der Waals surface area contributed by atoms with Crippen LogP contribution in [0.25, 0.3) is 6.08 Å². The molecule has 0 aromatic heterocycles. The average molecular weight is 366 g/mol. The van der Waals surface area contributed by atoms with E-state index in [4.69, 9.17) is 14.2 Å². The number of anilines is 1. The van der Waals surface area contributed by atoms with Gasteiger partial charge in [-0.1, -0.05) is 13.0 Å². The van der Waals surface area contributed by atoms with Gasteiger partial charge in [0.1, 0.15) is 17.4 Å². The first-order chi connectivity index (χ1) is 13.1. The minimum Gasteiger partial charge on any atom is -0.496 e. The van der Waals surface area contributed by atoms with Gasteiger partial charge in [0.15, 0.2) is 11.5 Å². The van der Waals surface area contributed by atoms with Crippen molar-refractivity contribution in [2.75, 3.05) is 26.6 Å². The molecule has 27 heavy (non-hydrogen) atoms. The predicted molar refractivity (Wildman–Crippen MR) is 104 cm³/mol. The lowest BCUT2D eigenvalue weighted by Crippen LogP contribution is -2.13. The summed E-state index contributed by atoms with van der Waals surface area (Å²) < 4.78 is 15.7. The van der Waals surface area contributed by atoms with Crippen LogP contribution in [0.3, 0.4) is 0 Å². The number of rotatable bonds is 7. The third-order valence-electron chi connectivity index (χ3n) is 4.00. The van der Waals surface area contributed by atoms with Crippen LogP contribution in [-0.2, 0) is 11.2 Å². The second-order valence-electron chi connectivity index (χ2n) is 5.62. The van der Waals surface area contributed by atoms with Crippen molar-refractivity contribution >= 4 is 17.7 Å². The molecule has 0 saturated heterocycles. The van der Waals surface area contributed by atoms with E-state index < -0.39 is 5.91 Å². The van der Waals surface area contributed by atoms with Crippen molar-refractivity contribution in [3.05, 3.63) is 53.1 Å². The first-order valence-electron chi connectivity index (χ1n) is 8.38. The van der Waals surface area contributed by atoms with Gasteiger partial charge >= 0.3 is 0 Å². The molecule has 2 aromatic rings. The lowest BCUT2D eigenvalue weighted by Gasteiger charge is -2.10. The van der Waals surface area contributed by atoms with E-state index in [0.29, 0.717) is 17.2 Å². The summed E-state index contributed by atoms with van der Waals surface area (Å²) in [4.78, 5) is 12.5. The SMILES string of the molecule is CCc1cc(/C=C(\C#N)C(=O)Nc2ccc(OC)c(OC)c2)ccc1OC. The lowest BCUT2D eigenvalue weighted by atomic mass is 10.0. The van der Waals surface area contributed by atoms with Crippen molar-refractivity contribution in [1.29, 1.82) is 5.26 Å². The molecular weight excluding hydrogens is 344 g/mol. The fourth-order valence-corrected chi connectivity index (χ4v) is 2.59. The molecule has 0 aliphatic heterocycles. The Balaban J connectivity index is 2.26. The topological polar surface area (TPSA) is 80.6 Å². The molecule has 6 heteroatoms. The number of ether oxygens (including phenoxy) is 3. The molecule has 0 saturated carbocycles. The lowest BCUT2D eigenvalue weighted by molar-refractivity contribution is -0.112. The Hall–Kier alpha value is -3.46. The maximum absolute atomic E-state index is 12.5. The Morgan fingerprint density at radius 3 is 2.30 bits per heavy atom. The molecule has 1 N–H and O–H groups in total. The van der Waals surface area contributed by atoms with E-state index in [2.05, 4.69) is 5.32 Å². The van der Waals surface area contributed by atoms with Crippen molar-refractivity contribution in [3.8, 4) is 23.3 Å². The average Bonchev–Trinajstić information content (AvgIpc) is 2.71. The van der Waals surface area contributed by atoms with E-state index >= 15 is 0 Å². The van der Waals surface area contributed by atoms with Crippen LogP contribution in [0.1, 0.15) is 18.1 Å². The van der Waals surface area contributed by atoms with Gasteiger partial charge < -0.3 is 19.5 Å². The minimum absolute atomic E-state index is 0.00277. The zero-order valence-corrected chi connectivity index (χ0v) is 15.8. The zero-order valence-electron chi connectivity index (χ0n) is 15.8. The van der Waals surface area contributed by atoms with Crippen LogP contribution in [-0.4, -0.2) is 27.2 Å². The standard InChI is InChI=1S/C21H22N2O4/c1-5-15-10-14(6-8-18(15)25-2)11-16(13-22)21(24)23-17-7-9-19(26-3)20(12-17)27-4/h6-12H,5H2,1-4H3,(H,23,24)/b16-11+. The number of carbonyl (C=O) groups excluding carboxylic acids is 1. The Kier molecular flexibility index (Phi) is 6.84. The third-order valence-corrected chi connectivity index (χ3v) is 4.00. The highest BCUT2D eigenvalue weighted by atomic mass is 16.5. The number of benzene rings is 2. The molecule has 2 aromatic carbocycles. The molecule has 0 atom stereocenters. The van der Waals surface area contributed by atoms with Crippen LogP contribution >= 0.6 is 0 Å². The molecule has 0 radical (unpaired) electrons. The summed E-state index contributed by atoms with van der Waals surface area (Å²) in [6.07, 6.45) is 2.33. The van der Waals surface area contributed by atoms with Gasteiger partial charge in [-0.3, -0.25) is 4.79 Å². The third kappa shape index (κ3) is 4.79. The van der Waals surface area contributed by atoms with Gasteiger partial charge in [-0.25, -0.2) is 0 Å². The monoisotopic (exact) mass is 366 g/mol. The van der Waals surface area contributed by atoms with Crippen LogP contribution in [0, 0.1) is 11.3 Å². The fourth-order valence-electron chi connectivity index (χ4n) is 2.59. The fraction of sp³-hybridized carbons (Fsp3) is 0.238. The highest BCUT2D eigenvalue weighted by molar-refractivity contribution is 6.09. The summed E-state index contributed by atoms with van der Waals surface area (Å²) in [6, 6.07) is 12.5. The number of nitrogens with zero attached hydrogens (tertiary/aromatic N) is 1. The summed E-state index contributed by atoms with van der Waals surface area (Å²) in [5.74, 6) is 1.32. The minimum atomic E-state index is -0.501. The van der Waals surface area contributed by atoms with Crippen LogP contribution < -0.4 is 19.5 Å². The molecule has 0 heterocycles. The molecule has 6 nitrogen and oxygen atoms in total. The number of nitrogens with one attached hydrogen (secondary N) is 1. The number of carbonyl (C=O) groups is 1. The van der Waals surface area contributed by atoms with Crippen LogP contribution in [0.15, 0.2) is 42.0 Å². The molecule has 0 unspecified atom stereocenters. The van der Waals surface area contributed by atoms with E-state index in [0.717, 1.165) is 23.3 Å². The molecule has 1 amide bonds. The Labute approximate surface area is 159 Å². The normalized spacial score (nSPS) is 10.7. The molecule has 0 fully saturated rings. The van der Waals surface area contributed by atoms with Crippen LogP contribution in [0.4, 0.5) is 5.69 Å². The molecule has 2 rings (SSSR count). The second-order valence-corrected chi connectivity index (χ2v) is 5.62. The molecular formula is C21H22N2O4. The molecule has 140 valence electrons. The van der Waals surface area contributed by atoms with Crippen molar-refractivity contribution in [3.63, 3.8) is 0 Å². The van der Waals surface area contributed by atoms with Gasteiger partial charge in [-0.2, -0.15) is 5.26 Å². The van der Waals surface area contributed by atoms with Gasteiger partial charge in [0.2, 0.25) is 0 Å². The molecule has 0 aliphatic carbocycles. The first kappa shape index (κ1) is 19.9. The Morgan fingerprint density at radius 1 is 1.04 bits per heavy atom. The number of methoxy groups -OCH3 is 3. The van der Waals surface area contributed by atoms with Gasteiger partial charge in [0.05, 0.1) is 21.3 Å². The highest BCUT2D eigenvalue weighted by Crippen LogP contribution is 2.30. The quantitative estimate of drug-likeness (QED) is 0.595. The number of hydrogen-bond acceptors (Lipinski definition) is 5. The maximum atomic E-state index is 12.5. The summed E-state index contributed by atoms with van der Waals surface area (Å²) in [5.41, 5.74) is 2.26. The van der Waals surface area contributed by atoms with E-state index in [1.54, 1.807) is 37.5 Å². The van der Waals surface area contributed by atoms with E-state index in [9.17, 15) is 10.1 Å². The molecule has 0 spiro atoms. The van der Waals surface area contributed by atoms with E-state index in [1.165, 1.54) is 14.2 Å². The van der Waals surface area contributed by atoms with Crippen LogP contribution in [0.2, 0.25) is 0 Å². The van der Waals surface area contributed by atoms with Crippen molar-refractivity contribution in [2.45, 2.75) is 13.3 Å². The van der Waals surface area contributed by atoms with Crippen LogP contribution in [0.5, 0.6) is 17.2 Å². The number of nitriles is 1. The highest BCUT2D eigenvalue weighted by Gasteiger charge is 2.12. The first-order valence-corrected chi connectivity index (χ1v) is 8.38. The number of amides is 1. The predicted octanol–water partition coefficient (Wildman–Crippen LogP) is 3.82. The molecule has 0 bridgehead atoms. The Bertz CT molecular complexity index is 898. The number of aryl methyl sites for hydroxylation is 1. The smallest absolute Gasteiger partial charge is 0.266 e. The van der Waals surface area contributed by atoms with Crippen molar-refractivity contribution < 1.29 is 19.0 Å². The summed E-state index contributed by atoms with van der Waals surface area (Å²) in [6.45, 7) is 2.01. The summed E-state index contributed by atoms with van der Waals surface area (Å²) in [7, 11) is 4.66. The van der Waals surface area contributed by atoms with Gasteiger partial charge in [-0.15, -0.1) is 0 Å². The largest absolute Gasteiger partial charge is 0.496 e. The zero-order chi connectivity index (χ0) is 19.8. The number of hydrogen-bond donors (Lipinski definition) is 1. The van der Waals surface area contributed by atoms with Gasteiger partial charge in [0.25, 0.3) is 5.91 Å². The summed E-state index contributed by atoms with van der Waals surface area (Å²) >= 11 is 0. The van der Waals surface area contributed by atoms with E-state index in [1.807, 2.05) is 25.1 Å².